The lowest BCUT2D eigenvalue weighted by Crippen LogP contribution is -2.28. The monoisotopic (exact) mass is 492 g/mol. The van der Waals surface area contributed by atoms with Gasteiger partial charge in [0.2, 0.25) is 5.91 Å². The molecule has 2 aromatic rings. The number of rotatable bonds is 10. The summed E-state index contributed by atoms with van der Waals surface area (Å²) in [5.74, 6) is 1.61. The number of nitrogens with one attached hydrogen (secondary N) is 1. The van der Waals surface area contributed by atoms with Crippen LogP contribution in [0.2, 0.25) is 0 Å². The van der Waals surface area contributed by atoms with Crippen molar-refractivity contribution in [2.75, 3.05) is 7.11 Å². The molecule has 1 aromatic heterocycles. The molecule has 2 fully saturated rings. The minimum Gasteiger partial charge on any atom is -0.496 e. The fourth-order valence-electron chi connectivity index (χ4n) is 5.07. The van der Waals surface area contributed by atoms with E-state index in [2.05, 4.69) is 20.1 Å². The van der Waals surface area contributed by atoms with Gasteiger partial charge in [-0.3, -0.25) is 4.79 Å². The van der Waals surface area contributed by atoms with Gasteiger partial charge in [0.05, 0.1) is 13.0 Å². The Bertz CT molecular complexity index is 1010. The molecule has 4 rings (SSSR count). The third-order valence-corrected chi connectivity index (χ3v) is 7.33. The van der Waals surface area contributed by atoms with Gasteiger partial charge in [-0.2, -0.15) is 13.2 Å². The van der Waals surface area contributed by atoms with E-state index < -0.39 is 12.1 Å². The van der Waals surface area contributed by atoms with Crippen molar-refractivity contribution < 1.29 is 22.7 Å². The quantitative estimate of drug-likeness (QED) is 0.477. The average Bonchev–Trinajstić information content (AvgIpc) is 3.59. The molecule has 1 N–H and O–H groups in total. The molecule has 1 amide bonds. The number of methoxy groups -OCH3 is 1. The smallest absolute Gasteiger partial charge is 0.391 e. The molecule has 6 nitrogen and oxygen atoms in total. The summed E-state index contributed by atoms with van der Waals surface area (Å²) in [6, 6.07) is 6.28. The highest BCUT2D eigenvalue weighted by Gasteiger charge is 2.41. The van der Waals surface area contributed by atoms with Crippen molar-refractivity contribution in [2.24, 2.45) is 11.8 Å². The standard InChI is InChI=1S/C26H35F3N4O2/c1-17-3-7-19(22(15-17)35-2)16-30-25(34)14-13-24-32-31-23(33(24)21-10-11-21)12-6-18-4-8-20(9-5-18)26(27,28)29/h3,7,15,18,20-21H,4-6,8-14,16H2,1-2H3,(H,30,34)/t18-,20-. The lowest BCUT2D eigenvalue weighted by Gasteiger charge is -2.29. The number of aromatic nitrogens is 3. The van der Waals surface area contributed by atoms with E-state index in [4.69, 9.17) is 4.74 Å². The number of carbonyl (C=O) groups is 1. The maximum atomic E-state index is 12.9. The van der Waals surface area contributed by atoms with Crippen molar-refractivity contribution in [3.63, 3.8) is 0 Å². The van der Waals surface area contributed by atoms with E-state index in [-0.39, 0.29) is 18.7 Å². The molecule has 0 aliphatic heterocycles. The van der Waals surface area contributed by atoms with Crippen LogP contribution in [0, 0.1) is 18.8 Å². The van der Waals surface area contributed by atoms with Gasteiger partial charge in [-0.05, 0) is 69.4 Å². The molecule has 0 bridgehead atoms. The predicted molar refractivity (Wildman–Crippen MR) is 126 cm³/mol. The Hall–Kier alpha value is -2.58. The van der Waals surface area contributed by atoms with Gasteiger partial charge in [-0.25, -0.2) is 0 Å². The number of alkyl halides is 3. The van der Waals surface area contributed by atoms with Crippen molar-refractivity contribution in [2.45, 2.75) is 89.9 Å². The second kappa shape index (κ2) is 11.0. The highest BCUT2D eigenvalue weighted by atomic mass is 19.4. The zero-order valence-electron chi connectivity index (χ0n) is 20.5. The topological polar surface area (TPSA) is 69.0 Å². The van der Waals surface area contributed by atoms with Crippen LogP contribution in [0.15, 0.2) is 18.2 Å². The second-order valence-corrected chi connectivity index (χ2v) is 10.0. The molecule has 0 radical (unpaired) electrons. The van der Waals surface area contributed by atoms with Crippen LogP contribution in [-0.4, -0.2) is 34.0 Å². The number of aryl methyl sites for hydroxylation is 3. The fourth-order valence-corrected chi connectivity index (χ4v) is 5.07. The van der Waals surface area contributed by atoms with Crippen LogP contribution in [0.1, 0.15) is 80.2 Å². The number of carbonyl (C=O) groups excluding carboxylic acids is 1. The van der Waals surface area contributed by atoms with E-state index in [1.54, 1.807) is 7.11 Å². The van der Waals surface area contributed by atoms with E-state index >= 15 is 0 Å². The third-order valence-electron chi connectivity index (χ3n) is 7.33. The molecular weight excluding hydrogens is 457 g/mol. The molecular formula is C26H35F3N4O2. The minimum atomic E-state index is -4.06. The first-order valence-corrected chi connectivity index (χ1v) is 12.6. The van der Waals surface area contributed by atoms with Gasteiger partial charge >= 0.3 is 6.18 Å². The Morgan fingerprint density at radius 1 is 1.09 bits per heavy atom. The molecule has 0 unspecified atom stereocenters. The van der Waals surface area contributed by atoms with Crippen LogP contribution in [0.4, 0.5) is 13.2 Å². The van der Waals surface area contributed by atoms with Crippen LogP contribution in [0.3, 0.4) is 0 Å². The van der Waals surface area contributed by atoms with Crippen LogP contribution in [0.5, 0.6) is 5.75 Å². The van der Waals surface area contributed by atoms with Gasteiger partial charge in [0.25, 0.3) is 0 Å². The van der Waals surface area contributed by atoms with Gasteiger partial charge in [0.1, 0.15) is 17.4 Å². The Balaban J connectivity index is 1.27. The van der Waals surface area contributed by atoms with Gasteiger partial charge in [-0.1, -0.05) is 12.1 Å². The molecule has 1 heterocycles. The van der Waals surface area contributed by atoms with Crippen molar-refractivity contribution in [1.82, 2.24) is 20.1 Å². The van der Waals surface area contributed by atoms with E-state index in [1.807, 2.05) is 25.1 Å². The van der Waals surface area contributed by atoms with Gasteiger partial charge in [0, 0.05) is 37.4 Å². The molecule has 0 spiro atoms. The van der Waals surface area contributed by atoms with Crippen LogP contribution in [-0.2, 0) is 24.2 Å². The summed E-state index contributed by atoms with van der Waals surface area (Å²) < 4.78 is 46.4. The molecule has 1 aromatic carbocycles. The van der Waals surface area contributed by atoms with E-state index in [1.165, 1.54) is 0 Å². The van der Waals surface area contributed by atoms with Crippen LogP contribution < -0.4 is 10.1 Å². The molecule has 0 saturated heterocycles. The largest absolute Gasteiger partial charge is 0.496 e. The second-order valence-electron chi connectivity index (χ2n) is 10.0. The fraction of sp³-hybridized carbons (Fsp3) is 0.654. The number of amides is 1. The number of hydrogen-bond donors (Lipinski definition) is 1. The molecule has 192 valence electrons. The molecule has 2 aliphatic rings. The summed E-state index contributed by atoms with van der Waals surface area (Å²) in [5, 5.41) is 11.7. The Morgan fingerprint density at radius 2 is 1.77 bits per heavy atom. The summed E-state index contributed by atoms with van der Waals surface area (Å²) in [5.41, 5.74) is 2.03. The Kier molecular flexibility index (Phi) is 8.02. The lowest BCUT2D eigenvalue weighted by atomic mass is 9.79. The zero-order chi connectivity index (χ0) is 25.0. The van der Waals surface area contributed by atoms with Gasteiger partial charge in [-0.15, -0.1) is 10.2 Å². The Labute approximate surface area is 204 Å². The maximum absolute atomic E-state index is 12.9. The minimum absolute atomic E-state index is 0.0547. The number of halogens is 3. The summed E-state index contributed by atoms with van der Waals surface area (Å²) in [6.45, 7) is 2.40. The van der Waals surface area contributed by atoms with Gasteiger partial charge < -0.3 is 14.6 Å². The maximum Gasteiger partial charge on any atom is 0.391 e. The highest BCUT2D eigenvalue weighted by Crippen LogP contribution is 2.41. The van der Waals surface area contributed by atoms with Crippen LogP contribution >= 0.6 is 0 Å². The molecule has 35 heavy (non-hydrogen) atoms. The predicted octanol–water partition coefficient (Wildman–Crippen LogP) is 5.48. The summed E-state index contributed by atoms with van der Waals surface area (Å²) in [4.78, 5) is 12.5. The molecule has 0 atom stereocenters. The van der Waals surface area contributed by atoms with Crippen molar-refractivity contribution in [3.05, 3.63) is 41.0 Å². The summed E-state index contributed by atoms with van der Waals surface area (Å²) in [7, 11) is 1.62. The summed E-state index contributed by atoms with van der Waals surface area (Å²) in [6.07, 6.45) is 2.21. The zero-order valence-corrected chi connectivity index (χ0v) is 20.5. The molecule has 9 heteroatoms. The lowest BCUT2D eigenvalue weighted by molar-refractivity contribution is -0.184. The normalized spacial score (nSPS) is 20.6. The van der Waals surface area contributed by atoms with E-state index in [9.17, 15) is 18.0 Å². The summed E-state index contributed by atoms with van der Waals surface area (Å²) >= 11 is 0. The average molecular weight is 493 g/mol. The number of ether oxygens (including phenoxy) is 1. The first kappa shape index (κ1) is 25.5. The Morgan fingerprint density at radius 3 is 2.40 bits per heavy atom. The van der Waals surface area contributed by atoms with Crippen LogP contribution in [0.25, 0.3) is 0 Å². The first-order valence-electron chi connectivity index (χ1n) is 12.6. The number of nitrogens with zero attached hydrogens (tertiary/aromatic N) is 3. The molecule has 2 saturated carbocycles. The third kappa shape index (κ3) is 6.76. The van der Waals surface area contributed by atoms with Crippen molar-refractivity contribution in [1.29, 1.82) is 0 Å². The van der Waals surface area contributed by atoms with Crippen molar-refractivity contribution in [3.8, 4) is 5.75 Å². The highest BCUT2D eigenvalue weighted by molar-refractivity contribution is 5.76. The number of benzene rings is 1. The molecule has 2 aliphatic carbocycles. The van der Waals surface area contributed by atoms with Crippen molar-refractivity contribution >= 4 is 5.91 Å². The van der Waals surface area contributed by atoms with E-state index in [0.29, 0.717) is 44.2 Å². The van der Waals surface area contributed by atoms with E-state index in [0.717, 1.165) is 54.2 Å². The van der Waals surface area contributed by atoms with Gasteiger partial charge in [0.15, 0.2) is 0 Å². The first-order chi connectivity index (χ1) is 16.7. The number of hydrogen-bond acceptors (Lipinski definition) is 4. The SMILES string of the molecule is COc1cc(C)ccc1CNC(=O)CCc1nnc(CC[C@H]2CC[C@H](C(F)(F)F)CC2)n1C1CC1.